The molecular weight excluding hydrogens is 356 g/mol. The van der Waals surface area contributed by atoms with Crippen LogP contribution in [0.5, 0.6) is 0 Å². The maximum absolute atomic E-state index is 12.6. The van der Waals surface area contributed by atoms with E-state index in [0.717, 1.165) is 10.2 Å². The van der Waals surface area contributed by atoms with Crippen LogP contribution in [0.25, 0.3) is 10.2 Å². The first-order valence-corrected chi connectivity index (χ1v) is 9.99. The first-order valence-electron chi connectivity index (χ1n) is 7.95. The number of benzene rings is 1. The molecule has 2 heterocycles. The van der Waals surface area contributed by atoms with Gasteiger partial charge in [0.15, 0.2) is 4.80 Å². The van der Waals surface area contributed by atoms with E-state index < -0.39 is 0 Å². The highest BCUT2D eigenvalue weighted by Gasteiger charge is 2.13. The number of methoxy groups -OCH3 is 1. The van der Waals surface area contributed by atoms with E-state index in [9.17, 15) is 4.79 Å². The van der Waals surface area contributed by atoms with Crippen molar-refractivity contribution in [2.75, 3.05) is 20.0 Å². The lowest BCUT2D eigenvalue weighted by Gasteiger charge is -2.05. The smallest absolute Gasteiger partial charge is 0.297 e. The Balaban J connectivity index is 2.11. The molecule has 0 saturated heterocycles. The number of aryl methyl sites for hydroxylation is 1. The SMILES string of the molecule is CCn1nccc1C(=O)N=c1sc2cc(SC)ccc2n1CCOC. The number of aromatic nitrogens is 3. The van der Waals surface area contributed by atoms with Crippen molar-refractivity contribution in [2.45, 2.75) is 24.9 Å². The minimum absolute atomic E-state index is 0.276. The minimum atomic E-state index is -0.276. The van der Waals surface area contributed by atoms with E-state index in [1.807, 2.05) is 11.5 Å². The highest BCUT2D eigenvalue weighted by atomic mass is 32.2. The first-order chi connectivity index (χ1) is 12.2. The van der Waals surface area contributed by atoms with Crippen molar-refractivity contribution in [3.63, 3.8) is 0 Å². The number of carbonyl (C=O) groups excluding carboxylic acids is 1. The molecule has 0 radical (unpaired) electrons. The third kappa shape index (κ3) is 3.70. The summed E-state index contributed by atoms with van der Waals surface area (Å²) in [6.07, 6.45) is 3.68. The van der Waals surface area contributed by atoms with E-state index in [0.29, 0.717) is 30.2 Å². The second-order valence-corrected chi connectivity index (χ2v) is 7.20. The standard InChI is InChI=1S/C17H20N4O2S2/c1-4-21-14(7-8-18-21)16(22)19-17-20(9-10-23-2)13-6-5-12(24-3)11-15(13)25-17/h5-8,11H,4,9-10H2,1-3H3. The van der Waals surface area contributed by atoms with Crippen molar-refractivity contribution in [1.82, 2.24) is 14.3 Å². The molecule has 0 aliphatic heterocycles. The Morgan fingerprint density at radius 1 is 1.40 bits per heavy atom. The summed E-state index contributed by atoms with van der Waals surface area (Å²) in [5, 5.41) is 4.14. The van der Waals surface area contributed by atoms with Crippen LogP contribution in [0.3, 0.4) is 0 Å². The van der Waals surface area contributed by atoms with Crippen LogP contribution in [-0.2, 0) is 17.8 Å². The zero-order valence-electron chi connectivity index (χ0n) is 14.4. The Kier molecular flexibility index (Phi) is 5.72. The molecule has 3 rings (SSSR count). The lowest BCUT2D eigenvalue weighted by atomic mass is 10.3. The highest BCUT2D eigenvalue weighted by Crippen LogP contribution is 2.24. The number of fused-ring (bicyclic) bond motifs is 1. The fraction of sp³-hybridized carbons (Fsp3) is 0.353. The molecule has 0 unspecified atom stereocenters. The zero-order valence-corrected chi connectivity index (χ0v) is 16.1. The third-order valence-corrected chi connectivity index (χ3v) is 5.61. The number of nitrogens with zero attached hydrogens (tertiary/aromatic N) is 4. The summed E-state index contributed by atoms with van der Waals surface area (Å²) in [6.45, 7) is 3.79. The summed E-state index contributed by atoms with van der Waals surface area (Å²) in [5.41, 5.74) is 1.57. The molecule has 0 aliphatic carbocycles. The number of ether oxygens (including phenoxy) is 1. The van der Waals surface area contributed by atoms with Gasteiger partial charge < -0.3 is 9.30 Å². The third-order valence-electron chi connectivity index (χ3n) is 3.84. The number of amides is 1. The molecule has 0 bridgehead atoms. The Hall–Kier alpha value is -1.90. The number of thioether (sulfide) groups is 1. The van der Waals surface area contributed by atoms with Crippen LogP contribution in [0.4, 0.5) is 0 Å². The highest BCUT2D eigenvalue weighted by molar-refractivity contribution is 7.98. The second kappa shape index (κ2) is 7.99. The van der Waals surface area contributed by atoms with Crippen LogP contribution < -0.4 is 4.80 Å². The van der Waals surface area contributed by atoms with Gasteiger partial charge in [0.05, 0.1) is 16.8 Å². The Morgan fingerprint density at radius 2 is 2.24 bits per heavy atom. The van der Waals surface area contributed by atoms with Crippen LogP contribution in [0.15, 0.2) is 40.4 Å². The van der Waals surface area contributed by atoms with E-state index >= 15 is 0 Å². The lowest BCUT2D eigenvalue weighted by Crippen LogP contribution is -2.20. The fourth-order valence-electron chi connectivity index (χ4n) is 2.57. The summed E-state index contributed by atoms with van der Waals surface area (Å²) >= 11 is 3.22. The fourth-order valence-corrected chi connectivity index (χ4v) is 4.18. The van der Waals surface area contributed by atoms with Gasteiger partial charge in [-0.05, 0) is 37.4 Å². The Morgan fingerprint density at radius 3 is 2.96 bits per heavy atom. The van der Waals surface area contributed by atoms with Gasteiger partial charge in [-0.25, -0.2) is 0 Å². The second-order valence-electron chi connectivity index (χ2n) is 5.31. The molecule has 0 spiro atoms. The molecule has 0 atom stereocenters. The van der Waals surface area contributed by atoms with Gasteiger partial charge in [-0.3, -0.25) is 9.48 Å². The van der Waals surface area contributed by atoms with Gasteiger partial charge in [0.2, 0.25) is 0 Å². The molecule has 8 heteroatoms. The van der Waals surface area contributed by atoms with Crippen LogP contribution in [-0.4, -0.2) is 40.2 Å². The summed E-state index contributed by atoms with van der Waals surface area (Å²) in [4.78, 5) is 18.9. The molecule has 6 nitrogen and oxygen atoms in total. The monoisotopic (exact) mass is 376 g/mol. The Bertz CT molecular complexity index is 955. The molecule has 2 aromatic heterocycles. The normalized spacial score (nSPS) is 12.2. The van der Waals surface area contributed by atoms with Crippen LogP contribution in [0.2, 0.25) is 0 Å². The van der Waals surface area contributed by atoms with Crippen LogP contribution in [0.1, 0.15) is 17.4 Å². The number of rotatable bonds is 6. The average Bonchev–Trinajstić information content (AvgIpc) is 3.23. The summed E-state index contributed by atoms with van der Waals surface area (Å²) in [7, 11) is 1.67. The average molecular weight is 377 g/mol. The van der Waals surface area contributed by atoms with Crippen molar-refractivity contribution >= 4 is 39.2 Å². The van der Waals surface area contributed by atoms with Crippen molar-refractivity contribution in [3.8, 4) is 0 Å². The van der Waals surface area contributed by atoms with Crippen molar-refractivity contribution in [3.05, 3.63) is 41.0 Å². The van der Waals surface area contributed by atoms with E-state index in [4.69, 9.17) is 4.74 Å². The number of carbonyl (C=O) groups is 1. The van der Waals surface area contributed by atoms with E-state index in [1.165, 1.54) is 16.2 Å². The van der Waals surface area contributed by atoms with Crippen LogP contribution >= 0.6 is 23.1 Å². The maximum atomic E-state index is 12.6. The van der Waals surface area contributed by atoms with Gasteiger partial charge >= 0.3 is 0 Å². The first kappa shape index (κ1) is 17.9. The van der Waals surface area contributed by atoms with Crippen LogP contribution in [0, 0.1) is 0 Å². The molecule has 0 N–H and O–H groups in total. The van der Waals surface area contributed by atoms with Gasteiger partial charge in [0.25, 0.3) is 5.91 Å². The predicted molar refractivity (Wildman–Crippen MR) is 101 cm³/mol. The van der Waals surface area contributed by atoms with Gasteiger partial charge in [0.1, 0.15) is 5.69 Å². The molecule has 3 aromatic rings. The zero-order chi connectivity index (χ0) is 17.8. The topological polar surface area (TPSA) is 61.4 Å². The summed E-state index contributed by atoms with van der Waals surface area (Å²) in [6, 6.07) is 8.00. The molecule has 132 valence electrons. The molecular formula is C17H20N4O2S2. The molecule has 1 aromatic carbocycles. The summed E-state index contributed by atoms with van der Waals surface area (Å²) in [5.74, 6) is -0.276. The van der Waals surface area contributed by atoms with E-state index in [-0.39, 0.29) is 5.91 Å². The molecule has 0 fully saturated rings. The maximum Gasteiger partial charge on any atom is 0.297 e. The number of thiazole rings is 1. The predicted octanol–water partition coefficient (Wildman–Crippen LogP) is 3.03. The van der Waals surface area contributed by atoms with E-state index in [1.54, 1.807) is 35.8 Å². The van der Waals surface area contributed by atoms with Gasteiger partial charge in [-0.15, -0.1) is 11.8 Å². The summed E-state index contributed by atoms with van der Waals surface area (Å²) < 4.78 is 10.0. The van der Waals surface area contributed by atoms with Gasteiger partial charge in [-0.2, -0.15) is 10.1 Å². The van der Waals surface area contributed by atoms with Crippen molar-refractivity contribution in [2.24, 2.45) is 4.99 Å². The Labute approximate surface area is 154 Å². The van der Waals surface area contributed by atoms with Crippen molar-refractivity contribution < 1.29 is 9.53 Å². The van der Waals surface area contributed by atoms with E-state index in [2.05, 4.69) is 34.5 Å². The number of hydrogen-bond donors (Lipinski definition) is 0. The van der Waals surface area contributed by atoms with Gasteiger partial charge in [0, 0.05) is 31.3 Å². The minimum Gasteiger partial charge on any atom is -0.383 e. The lowest BCUT2D eigenvalue weighted by molar-refractivity contribution is 0.0987. The number of hydrogen-bond acceptors (Lipinski definition) is 5. The van der Waals surface area contributed by atoms with Gasteiger partial charge in [-0.1, -0.05) is 11.3 Å². The molecule has 25 heavy (non-hydrogen) atoms. The molecule has 0 aliphatic rings. The largest absolute Gasteiger partial charge is 0.383 e. The van der Waals surface area contributed by atoms with Crippen molar-refractivity contribution in [1.29, 1.82) is 0 Å². The quantitative estimate of drug-likeness (QED) is 0.621. The molecule has 1 amide bonds. The molecule has 0 saturated carbocycles.